The summed E-state index contributed by atoms with van der Waals surface area (Å²) in [5.41, 5.74) is 5.40. The van der Waals surface area contributed by atoms with Gasteiger partial charge in [0.05, 0.1) is 12.8 Å². The standard InChI is InChI=1S/C24H28BrNO2S/c1-23(2,3)18-11-14(12-19(21(18)27)24(4,5)6)10-17-16-9-8-15(25)13-20(16)26(28-7)22(17)29/h8-13,27H,1-7H3. The molecule has 1 heterocycles. The molecule has 0 saturated heterocycles. The fraction of sp³-hybridized carbons (Fsp3) is 0.375. The highest BCUT2D eigenvalue weighted by molar-refractivity contribution is 9.10. The van der Waals surface area contributed by atoms with E-state index in [1.54, 1.807) is 12.2 Å². The van der Waals surface area contributed by atoms with E-state index in [2.05, 4.69) is 75.7 Å². The zero-order valence-corrected chi connectivity index (χ0v) is 20.5. The van der Waals surface area contributed by atoms with Crippen molar-refractivity contribution in [2.24, 2.45) is 0 Å². The first-order valence-electron chi connectivity index (χ1n) is 9.62. The molecule has 2 aromatic rings. The molecule has 0 unspecified atom stereocenters. The van der Waals surface area contributed by atoms with E-state index in [0.717, 1.165) is 38.0 Å². The third-order valence-corrected chi connectivity index (χ3v) is 6.00. The lowest BCUT2D eigenvalue weighted by atomic mass is 9.78. The van der Waals surface area contributed by atoms with Crippen LogP contribution in [-0.2, 0) is 15.7 Å². The summed E-state index contributed by atoms with van der Waals surface area (Å²) in [4.78, 5) is 6.17. The van der Waals surface area contributed by atoms with Crippen molar-refractivity contribution in [3.8, 4) is 5.75 Å². The number of hydroxylamine groups is 1. The summed E-state index contributed by atoms with van der Waals surface area (Å²) in [6.07, 6.45) is 2.10. The minimum Gasteiger partial charge on any atom is -0.507 e. The topological polar surface area (TPSA) is 32.7 Å². The van der Waals surface area contributed by atoms with Gasteiger partial charge in [-0.15, -0.1) is 0 Å². The van der Waals surface area contributed by atoms with Gasteiger partial charge in [-0.1, -0.05) is 75.8 Å². The van der Waals surface area contributed by atoms with Crippen molar-refractivity contribution in [3.63, 3.8) is 0 Å². The SMILES string of the molecule is CON1C(=S)C(=Cc2cc(C(C)(C)C)c(O)c(C(C)(C)C)c2)c2ccc(Br)cc21. The summed E-state index contributed by atoms with van der Waals surface area (Å²) in [7, 11) is 1.62. The first-order valence-corrected chi connectivity index (χ1v) is 10.8. The second kappa shape index (κ2) is 7.53. The molecule has 0 spiro atoms. The van der Waals surface area contributed by atoms with Crippen molar-refractivity contribution in [2.45, 2.75) is 52.4 Å². The average Bonchev–Trinajstić information content (AvgIpc) is 2.84. The normalized spacial score (nSPS) is 15.9. The molecule has 0 bridgehead atoms. The number of fused-ring (bicyclic) bond motifs is 1. The van der Waals surface area contributed by atoms with Crippen molar-refractivity contribution in [1.29, 1.82) is 0 Å². The van der Waals surface area contributed by atoms with E-state index in [1.165, 1.54) is 0 Å². The minimum atomic E-state index is -0.184. The van der Waals surface area contributed by atoms with Crippen LogP contribution in [0.4, 0.5) is 5.69 Å². The van der Waals surface area contributed by atoms with Gasteiger partial charge in [0.2, 0.25) is 0 Å². The lowest BCUT2D eigenvalue weighted by molar-refractivity contribution is 0.214. The van der Waals surface area contributed by atoms with Crippen LogP contribution in [0.5, 0.6) is 5.75 Å². The predicted octanol–water partition coefficient (Wildman–Crippen LogP) is 7.00. The zero-order chi connectivity index (χ0) is 21.7. The van der Waals surface area contributed by atoms with Crippen molar-refractivity contribution >= 4 is 50.5 Å². The Morgan fingerprint density at radius 3 is 2.03 bits per heavy atom. The van der Waals surface area contributed by atoms with Gasteiger partial charge in [0.25, 0.3) is 0 Å². The number of hydrogen-bond donors (Lipinski definition) is 1. The lowest BCUT2D eigenvalue weighted by Gasteiger charge is -2.28. The lowest BCUT2D eigenvalue weighted by Crippen LogP contribution is -2.23. The number of hydrogen-bond acceptors (Lipinski definition) is 3. The van der Waals surface area contributed by atoms with Gasteiger partial charge in [-0.2, -0.15) is 0 Å². The van der Waals surface area contributed by atoms with Gasteiger partial charge in [-0.3, -0.25) is 4.84 Å². The van der Waals surface area contributed by atoms with E-state index in [1.807, 2.05) is 18.2 Å². The third kappa shape index (κ3) is 4.14. The highest BCUT2D eigenvalue weighted by Crippen LogP contribution is 2.43. The van der Waals surface area contributed by atoms with E-state index < -0.39 is 0 Å². The summed E-state index contributed by atoms with van der Waals surface area (Å²) in [5, 5.41) is 12.7. The molecule has 0 amide bonds. The number of halogens is 1. The van der Waals surface area contributed by atoms with Crippen LogP contribution in [0.15, 0.2) is 34.8 Å². The molecule has 1 aliphatic heterocycles. The van der Waals surface area contributed by atoms with Crippen molar-refractivity contribution in [1.82, 2.24) is 0 Å². The largest absolute Gasteiger partial charge is 0.507 e. The molecule has 1 N–H and O–H groups in total. The maximum atomic E-state index is 11.0. The highest BCUT2D eigenvalue weighted by Gasteiger charge is 2.31. The molecule has 0 aliphatic carbocycles. The summed E-state index contributed by atoms with van der Waals surface area (Å²) in [5.74, 6) is 0.379. The molecule has 2 aromatic carbocycles. The number of phenols is 1. The first kappa shape index (κ1) is 22.0. The number of nitrogens with zero attached hydrogens (tertiary/aromatic N) is 1. The fourth-order valence-corrected chi connectivity index (χ4v) is 4.30. The average molecular weight is 474 g/mol. The number of phenolic OH excluding ortho intramolecular Hbond substituents is 1. The van der Waals surface area contributed by atoms with E-state index in [9.17, 15) is 5.11 Å². The highest BCUT2D eigenvalue weighted by atomic mass is 79.9. The molecule has 0 aromatic heterocycles. The van der Waals surface area contributed by atoms with Crippen LogP contribution in [0.3, 0.4) is 0 Å². The second-order valence-electron chi connectivity index (χ2n) is 9.47. The summed E-state index contributed by atoms with van der Waals surface area (Å²) < 4.78 is 0.969. The predicted molar refractivity (Wildman–Crippen MR) is 130 cm³/mol. The summed E-state index contributed by atoms with van der Waals surface area (Å²) in [6, 6.07) is 10.2. The molecule has 154 valence electrons. The summed E-state index contributed by atoms with van der Waals surface area (Å²) >= 11 is 9.24. The van der Waals surface area contributed by atoms with Gasteiger partial charge in [-0.05, 0) is 46.7 Å². The maximum Gasteiger partial charge on any atom is 0.140 e. The molecule has 0 fully saturated rings. The number of anilines is 1. The molecule has 0 radical (unpaired) electrons. The van der Waals surface area contributed by atoms with Crippen LogP contribution in [0.1, 0.15) is 63.8 Å². The van der Waals surface area contributed by atoms with E-state index >= 15 is 0 Å². The van der Waals surface area contributed by atoms with Gasteiger partial charge >= 0.3 is 0 Å². The van der Waals surface area contributed by atoms with Gasteiger partial charge < -0.3 is 5.11 Å². The molecule has 3 nitrogen and oxygen atoms in total. The van der Waals surface area contributed by atoms with E-state index in [0.29, 0.717) is 10.7 Å². The fourth-order valence-electron chi connectivity index (χ4n) is 3.61. The van der Waals surface area contributed by atoms with E-state index in [4.69, 9.17) is 17.1 Å². The zero-order valence-electron chi connectivity index (χ0n) is 18.1. The Balaban J connectivity index is 2.25. The van der Waals surface area contributed by atoms with Gasteiger partial charge in [-0.25, -0.2) is 5.06 Å². The van der Waals surface area contributed by atoms with Crippen LogP contribution in [0.2, 0.25) is 0 Å². The van der Waals surface area contributed by atoms with Crippen LogP contribution in [0, 0.1) is 0 Å². The maximum absolute atomic E-state index is 11.0. The number of aromatic hydroxyl groups is 1. The van der Waals surface area contributed by atoms with Crippen LogP contribution >= 0.6 is 28.1 Å². The van der Waals surface area contributed by atoms with Crippen molar-refractivity contribution in [3.05, 3.63) is 57.1 Å². The molecular weight excluding hydrogens is 446 g/mol. The Labute approximate surface area is 187 Å². The Hall–Kier alpha value is -1.69. The monoisotopic (exact) mass is 473 g/mol. The number of rotatable bonds is 2. The molecular formula is C24H28BrNO2S. The molecule has 1 aliphatic rings. The smallest absolute Gasteiger partial charge is 0.140 e. The van der Waals surface area contributed by atoms with Crippen LogP contribution in [-0.4, -0.2) is 17.2 Å². The Morgan fingerprint density at radius 1 is 1.00 bits per heavy atom. The minimum absolute atomic E-state index is 0.184. The van der Waals surface area contributed by atoms with Gasteiger partial charge in [0.15, 0.2) is 0 Å². The molecule has 0 saturated carbocycles. The quantitative estimate of drug-likeness (QED) is 0.375. The van der Waals surface area contributed by atoms with Gasteiger partial charge in [0.1, 0.15) is 10.7 Å². The number of thiocarbonyl (C=S) groups is 1. The van der Waals surface area contributed by atoms with Crippen LogP contribution < -0.4 is 5.06 Å². The number of benzene rings is 2. The first-order chi connectivity index (χ1) is 13.3. The molecule has 29 heavy (non-hydrogen) atoms. The Morgan fingerprint density at radius 2 is 1.55 bits per heavy atom. The molecule has 0 atom stereocenters. The Kier molecular flexibility index (Phi) is 5.71. The van der Waals surface area contributed by atoms with E-state index in [-0.39, 0.29) is 10.8 Å². The van der Waals surface area contributed by atoms with Gasteiger partial charge in [0, 0.05) is 26.7 Å². The molecule has 3 rings (SSSR count). The third-order valence-electron chi connectivity index (χ3n) is 5.13. The summed E-state index contributed by atoms with van der Waals surface area (Å²) in [6.45, 7) is 12.7. The van der Waals surface area contributed by atoms with Crippen molar-refractivity contribution in [2.75, 3.05) is 12.2 Å². The van der Waals surface area contributed by atoms with Crippen LogP contribution in [0.25, 0.3) is 11.6 Å². The molecule has 5 heteroatoms. The second-order valence-corrected chi connectivity index (χ2v) is 10.8. The Bertz CT molecular complexity index is 978. The van der Waals surface area contributed by atoms with Crippen molar-refractivity contribution < 1.29 is 9.94 Å².